The molecule has 0 saturated heterocycles. The molecule has 0 aliphatic heterocycles. The first-order valence-corrected chi connectivity index (χ1v) is 15.6. The summed E-state index contributed by atoms with van der Waals surface area (Å²) in [5, 5.41) is 4.67. The Balaban J connectivity index is 1.32. The first-order chi connectivity index (χ1) is 22.1. The second-order valence-corrected chi connectivity index (χ2v) is 12.6. The Morgan fingerprint density at radius 1 is 0.511 bits per heavy atom. The monoisotopic (exact) mass is 577 g/mol. The minimum atomic E-state index is -0.108. The summed E-state index contributed by atoms with van der Waals surface area (Å²) < 4.78 is 6.75. The van der Waals surface area contributed by atoms with E-state index < -0.39 is 0 Å². The quantitative estimate of drug-likeness (QED) is 0.207. The smallest absolute Gasteiger partial charge is 0.160 e. The van der Waals surface area contributed by atoms with Crippen LogP contribution in [0.2, 0.25) is 0 Å². The van der Waals surface area contributed by atoms with E-state index in [9.17, 15) is 0 Å². The van der Waals surface area contributed by atoms with Crippen LogP contribution < -0.4 is 4.90 Å². The summed E-state index contributed by atoms with van der Waals surface area (Å²) in [4.78, 5) is 2.38. The molecule has 0 N–H and O–H groups in total. The molecule has 2 heteroatoms. The van der Waals surface area contributed by atoms with Crippen molar-refractivity contribution in [3.05, 3.63) is 163 Å². The SMILES string of the molecule is CC1(C)c2ccccc2-c2ccc(N(c3ccc(-c4ccccc4)cc3)c3cc4ccccc4c4c3oc3ccccc34)cc21. The molecule has 1 heterocycles. The zero-order valence-corrected chi connectivity index (χ0v) is 25.3. The normalized spacial score (nSPS) is 13.3. The van der Waals surface area contributed by atoms with Gasteiger partial charge in [-0.15, -0.1) is 0 Å². The summed E-state index contributed by atoms with van der Waals surface area (Å²) in [7, 11) is 0. The number of hydrogen-bond acceptors (Lipinski definition) is 2. The van der Waals surface area contributed by atoms with E-state index in [1.807, 2.05) is 6.07 Å². The van der Waals surface area contributed by atoms with Gasteiger partial charge in [0.15, 0.2) is 5.58 Å². The number of anilines is 3. The van der Waals surface area contributed by atoms with Crippen LogP contribution in [-0.4, -0.2) is 0 Å². The third-order valence-corrected chi connectivity index (χ3v) is 9.65. The van der Waals surface area contributed by atoms with Gasteiger partial charge in [0.05, 0.1) is 5.69 Å². The summed E-state index contributed by atoms with van der Waals surface area (Å²) in [6.45, 7) is 4.68. The summed E-state index contributed by atoms with van der Waals surface area (Å²) in [6, 6.07) is 54.6. The van der Waals surface area contributed by atoms with E-state index in [0.717, 1.165) is 39.0 Å². The Morgan fingerprint density at radius 2 is 1.16 bits per heavy atom. The Hall–Kier alpha value is -5.60. The minimum absolute atomic E-state index is 0.108. The first-order valence-electron chi connectivity index (χ1n) is 15.6. The summed E-state index contributed by atoms with van der Waals surface area (Å²) in [5.74, 6) is 0. The predicted molar refractivity (Wildman–Crippen MR) is 189 cm³/mol. The number of nitrogens with zero attached hydrogens (tertiary/aromatic N) is 1. The third-order valence-electron chi connectivity index (χ3n) is 9.65. The van der Waals surface area contributed by atoms with E-state index in [1.54, 1.807) is 0 Å². The molecule has 8 aromatic rings. The average molecular weight is 578 g/mol. The van der Waals surface area contributed by atoms with Crippen molar-refractivity contribution >= 4 is 49.8 Å². The molecule has 1 aliphatic rings. The van der Waals surface area contributed by atoms with E-state index in [4.69, 9.17) is 4.42 Å². The molecule has 0 spiro atoms. The molecule has 1 aliphatic carbocycles. The fourth-order valence-electron chi connectivity index (χ4n) is 7.41. The van der Waals surface area contributed by atoms with Gasteiger partial charge in [0.1, 0.15) is 5.58 Å². The molecule has 0 radical (unpaired) electrons. The van der Waals surface area contributed by atoms with Crippen LogP contribution in [0.3, 0.4) is 0 Å². The molecule has 0 saturated carbocycles. The lowest BCUT2D eigenvalue weighted by molar-refractivity contribution is 0.660. The van der Waals surface area contributed by atoms with Gasteiger partial charge in [-0.3, -0.25) is 0 Å². The molecule has 1 aromatic heterocycles. The molecule has 45 heavy (non-hydrogen) atoms. The summed E-state index contributed by atoms with van der Waals surface area (Å²) in [6.07, 6.45) is 0. The lowest BCUT2D eigenvalue weighted by Gasteiger charge is -2.28. The highest BCUT2D eigenvalue weighted by molar-refractivity contribution is 6.23. The van der Waals surface area contributed by atoms with Crippen molar-refractivity contribution in [2.75, 3.05) is 4.90 Å². The van der Waals surface area contributed by atoms with Crippen molar-refractivity contribution < 1.29 is 4.42 Å². The average Bonchev–Trinajstić information content (AvgIpc) is 3.59. The number of benzene rings is 7. The van der Waals surface area contributed by atoms with Crippen LogP contribution in [-0.2, 0) is 5.41 Å². The van der Waals surface area contributed by atoms with Crippen LogP contribution in [0.25, 0.3) is 55.0 Å². The van der Waals surface area contributed by atoms with Crippen LogP contribution in [0.15, 0.2) is 156 Å². The Morgan fingerprint density at radius 3 is 2.00 bits per heavy atom. The molecular weight excluding hydrogens is 546 g/mol. The molecule has 7 aromatic carbocycles. The highest BCUT2D eigenvalue weighted by Gasteiger charge is 2.36. The van der Waals surface area contributed by atoms with Gasteiger partial charge in [0.2, 0.25) is 0 Å². The molecule has 2 nitrogen and oxygen atoms in total. The zero-order chi connectivity index (χ0) is 30.1. The molecular formula is C43H31NO. The van der Waals surface area contributed by atoms with E-state index in [2.05, 4.69) is 164 Å². The highest BCUT2D eigenvalue weighted by Crippen LogP contribution is 2.52. The van der Waals surface area contributed by atoms with Crippen molar-refractivity contribution in [2.24, 2.45) is 0 Å². The predicted octanol–water partition coefficient (Wildman–Crippen LogP) is 12.2. The second kappa shape index (κ2) is 9.70. The number of fused-ring (bicyclic) bond motifs is 8. The van der Waals surface area contributed by atoms with Gasteiger partial charge in [0, 0.05) is 27.6 Å². The maximum atomic E-state index is 6.75. The van der Waals surface area contributed by atoms with Gasteiger partial charge < -0.3 is 9.32 Å². The molecule has 9 rings (SSSR count). The van der Waals surface area contributed by atoms with Crippen molar-refractivity contribution in [3.63, 3.8) is 0 Å². The Kier molecular flexibility index (Phi) is 5.58. The number of hydrogen-bond donors (Lipinski definition) is 0. The molecule has 0 bridgehead atoms. The van der Waals surface area contributed by atoms with E-state index >= 15 is 0 Å². The third kappa shape index (κ3) is 3.89. The van der Waals surface area contributed by atoms with E-state index in [0.29, 0.717) is 0 Å². The molecule has 214 valence electrons. The van der Waals surface area contributed by atoms with Gasteiger partial charge in [0.25, 0.3) is 0 Å². The number of para-hydroxylation sites is 1. The van der Waals surface area contributed by atoms with Crippen LogP contribution in [0, 0.1) is 0 Å². The molecule has 0 fully saturated rings. The van der Waals surface area contributed by atoms with Gasteiger partial charge in [-0.05, 0) is 80.6 Å². The Bertz CT molecular complexity index is 2400. The van der Waals surface area contributed by atoms with Crippen LogP contribution in [0.1, 0.15) is 25.0 Å². The second-order valence-electron chi connectivity index (χ2n) is 12.6. The first kappa shape index (κ1) is 25.9. The maximum Gasteiger partial charge on any atom is 0.160 e. The van der Waals surface area contributed by atoms with Crippen molar-refractivity contribution in [1.29, 1.82) is 0 Å². The van der Waals surface area contributed by atoms with Crippen molar-refractivity contribution in [1.82, 2.24) is 0 Å². The van der Waals surface area contributed by atoms with Crippen molar-refractivity contribution in [3.8, 4) is 22.3 Å². The van der Waals surface area contributed by atoms with Gasteiger partial charge in [-0.1, -0.05) is 129 Å². The summed E-state index contributed by atoms with van der Waals surface area (Å²) in [5.41, 5.74) is 12.7. The lowest BCUT2D eigenvalue weighted by atomic mass is 9.82. The van der Waals surface area contributed by atoms with Crippen LogP contribution >= 0.6 is 0 Å². The zero-order valence-electron chi connectivity index (χ0n) is 25.3. The summed E-state index contributed by atoms with van der Waals surface area (Å²) >= 11 is 0. The van der Waals surface area contributed by atoms with Gasteiger partial charge in [-0.2, -0.15) is 0 Å². The fourth-order valence-corrected chi connectivity index (χ4v) is 7.41. The minimum Gasteiger partial charge on any atom is -0.454 e. The molecule has 0 unspecified atom stereocenters. The molecule has 0 atom stereocenters. The largest absolute Gasteiger partial charge is 0.454 e. The lowest BCUT2D eigenvalue weighted by Crippen LogP contribution is -2.16. The van der Waals surface area contributed by atoms with Crippen LogP contribution in [0.5, 0.6) is 0 Å². The van der Waals surface area contributed by atoms with Crippen molar-refractivity contribution in [2.45, 2.75) is 19.3 Å². The van der Waals surface area contributed by atoms with Gasteiger partial charge >= 0.3 is 0 Å². The number of rotatable bonds is 4. The standard InChI is InChI=1S/C43H31NO/c1-43(2)37-18-10-8-16-34(37)35-25-24-32(27-38(35)43)44(31-22-20-29(21-23-31)28-12-4-3-5-13-28)39-26-30-14-6-7-15-33(30)41-36-17-9-11-19-40(36)45-42(39)41/h3-27H,1-2H3. The van der Waals surface area contributed by atoms with Crippen LogP contribution in [0.4, 0.5) is 17.1 Å². The van der Waals surface area contributed by atoms with E-state index in [1.165, 1.54) is 44.2 Å². The number of furan rings is 1. The van der Waals surface area contributed by atoms with E-state index in [-0.39, 0.29) is 5.41 Å². The van der Waals surface area contributed by atoms with Gasteiger partial charge in [-0.25, -0.2) is 0 Å². The Labute approximate surface area is 262 Å². The highest BCUT2D eigenvalue weighted by atomic mass is 16.3. The fraction of sp³-hybridized carbons (Fsp3) is 0.0698. The topological polar surface area (TPSA) is 16.4 Å². The molecule has 0 amide bonds. The maximum absolute atomic E-state index is 6.75.